The molecule has 1 aliphatic heterocycles. The van der Waals surface area contributed by atoms with Gasteiger partial charge in [0.05, 0.1) is 6.61 Å². The van der Waals surface area contributed by atoms with E-state index >= 15 is 0 Å². The molecule has 0 bridgehead atoms. The van der Waals surface area contributed by atoms with Crippen LogP contribution in [0.25, 0.3) is 0 Å². The Morgan fingerprint density at radius 3 is 2.54 bits per heavy atom. The van der Waals surface area contributed by atoms with Gasteiger partial charge < -0.3 is 4.74 Å². The molecule has 0 aromatic carbocycles. The lowest BCUT2D eigenvalue weighted by Gasteiger charge is -2.17. The van der Waals surface area contributed by atoms with Crippen molar-refractivity contribution < 1.29 is 4.74 Å². The molecule has 1 atom stereocenters. The second-order valence-electron chi connectivity index (χ2n) is 3.18. The smallest absolute Gasteiger partial charge is 0.0624 e. The molecule has 0 aromatic rings. The second kappa shape index (κ2) is 7.10. The second-order valence-corrected chi connectivity index (χ2v) is 3.18. The van der Waals surface area contributed by atoms with E-state index in [-0.39, 0.29) is 0 Å². The molecule has 0 aromatic heterocycles. The lowest BCUT2D eigenvalue weighted by atomic mass is 10.2. The van der Waals surface area contributed by atoms with Crippen molar-refractivity contribution in [1.82, 2.24) is 4.90 Å². The molecule has 13 heavy (non-hydrogen) atoms. The Morgan fingerprint density at radius 2 is 2.15 bits per heavy atom. The minimum atomic E-state index is 0.572. The lowest BCUT2D eigenvalue weighted by Crippen LogP contribution is -2.29. The fourth-order valence-corrected chi connectivity index (χ4v) is 1.48. The van der Waals surface area contributed by atoms with E-state index in [1.54, 1.807) is 0 Å². The first-order valence-electron chi connectivity index (χ1n) is 5.18. The highest BCUT2D eigenvalue weighted by atomic mass is 16.5. The maximum absolute atomic E-state index is 5.35. The van der Waals surface area contributed by atoms with E-state index < -0.39 is 0 Å². The minimum Gasteiger partial charge on any atom is -0.380 e. The van der Waals surface area contributed by atoms with Gasteiger partial charge in [0.25, 0.3) is 0 Å². The van der Waals surface area contributed by atoms with Crippen molar-refractivity contribution in [2.75, 3.05) is 26.8 Å². The molecule has 78 valence electrons. The summed E-state index contributed by atoms with van der Waals surface area (Å²) in [6.45, 7) is 12.7. The zero-order chi connectivity index (χ0) is 10.3. The largest absolute Gasteiger partial charge is 0.380 e. The third-order valence-corrected chi connectivity index (χ3v) is 2.14. The molecule has 1 saturated heterocycles. The van der Waals surface area contributed by atoms with Crippen LogP contribution in [0.15, 0.2) is 12.2 Å². The normalized spacial score (nSPS) is 22.8. The van der Waals surface area contributed by atoms with Crippen LogP contribution >= 0.6 is 0 Å². The summed E-state index contributed by atoms with van der Waals surface area (Å²) in [4.78, 5) is 2.30. The van der Waals surface area contributed by atoms with Crippen LogP contribution in [0.4, 0.5) is 0 Å². The number of ether oxygens (including phenoxy) is 1. The molecule has 1 aliphatic rings. The highest BCUT2D eigenvalue weighted by Gasteiger charge is 2.22. The average Bonchev–Trinajstić information content (AvgIpc) is 2.45. The Balaban J connectivity index is 0.000000671. The summed E-state index contributed by atoms with van der Waals surface area (Å²) >= 11 is 0. The highest BCUT2D eigenvalue weighted by Crippen LogP contribution is 2.18. The van der Waals surface area contributed by atoms with Crippen molar-refractivity contribution in [3.8, 4) is 0 Å². The highest BCUT2D eigenvalue weighted by molar-refractivity contribution is 5.07. The van der Waals surface area contributed by atoms with Crippen molar-refractivity contribution in [1.29, 1.82) is 0 Å². The summed E-state index contributed by atoms with van der Waals surface area (Å²) in [6, 6.07) is 0.572. The van der Waals surface area contributed by atoms with Gasteiger partial charge in [-0.1, -0.05) is 26.0 Å². The fourth-order valence-electron chi connectivity index (χ4n) is 1.48. The van der Waals surface area contributed by atoms with E-state index in [2.05, 4.69) is 18.5 Å². The molecule has 0 spiro atoms. The van der Waals surface area contributed by atoms with E-state index in [1.807, 2.05) is 20.8 Å². The van der Waals surface area contributed by atoms with E-state index in [0.29, 0.717) is 6.04 Å². The number of hydrogen-bond acceptors (Lipinski definition) is 2. The van der Waals surface area contributed by atoms with Crippen LogP contribution in [-0.2, 0) is 4.74 Å². The summed E-state index contributed by atoms with van der Waals surface area (Å²) in [5.74, 6) is 0. The predicted molar refractivity (Wildman–Crippen MR) is 58.0 cm³/mol. The molecular formula is C11H23NO. The summed E-state index contributed by atoms with van der Waals surface area (Å²) in [6.07, 6.45) is 1.11. The molecule has 1 unspecified atom stereocenters. The summed E-state index contributed by atoms with van der Waals surface area (Å²) in [5, 5.41) is 0. The van der Waals surface area contributed by atoms with Crippen molar-refractivity contribution >= 4 is 0 Å². The average molecular weight is 185 g/mol. The number of likely N-dealkylation sites (N-methyl/N-ethyl adjacent to an activating group) is 1. The molecule has 0 amide bonds. The van der Waals surface area contributed by atoms with Gasteiger partial charge in [-0.3, -0.25) is 4.90 Å². The maximum Gasteiger partial charge on any atom is 0.0624 e. The third-order valence-electron chi connectivity index (χ3n) is 2.14. The third kappa shape index (κ3) is 4.44. The topological polar surface area (TPSA) is 12.5 Å². The predicted octanol–water partition coefficient (Wildman–Crippen LogP) is 2.31. The van der Waals surface area contributed by atoms with E-state index in [0.717, 1.165) is 26.2 Å². The van der Waals surface area contributed by atoms with Gasteiger partial charge in [-0.2, -0.15) is 0 Å². The van der Waals surface area contributed by atoms with Gasteiger partial charge in [0, 0.05) is 19.2 Å². The fraction of sp³-hybridized carbons (Fsp3) is 0.818. The van der Waals surface area contributed by atoms with Crippen molar-refractivity contribution in [2.24, 2.45) is 0 Å². The first-order valence-corrected chi connectivity index (χ1v) is 5.18. The Hall–Kier alpha value is -0.340. The number of rotatable bonds is 3. The van der Waals surface area contributed by atoms with Gasteiger partial charge in [-0.05, 0) is 20.4 Å². The molecule has 0 saturated carbocycles. The van der Waals surface area contributed by atoms with E-state index in [1.165, 1.54) is 5.57 Å². The number of likely N-dealkylation sites (tertiary alicyclic amines) is 1. The SMILES string of the molecule is C=C1CC(COCC)N(C)C1.CC. The molecule has 1 fully saturated rings. The van der Waals surface area contributed by atoms with Crippen LogP contribution in [-0.4, -0.2) is 37.7 Å². The van der Waals surface area contributed by atoms with Crippen molar-refractivity contribution in [3.05, 3.63) is 12.2 Å². The van der Waals surface area contributed by atoms with Crippen LogP contribution in [0.3, 0.4) is 0 Å². The molecular weight excluding hydrogens is 162 g/mol. The number of nitrogens with zero attached hydrogens (tertiary/aromatic N) is 1. The molecule has 1 heterocycles. The van der Waals surface area contributed by atoms with Crippen molar-refractivity contribution in [3.63, 3.8) is 0 Å². The summed E-state index contributed by atoms with van der Waals surface area (Å²) in [7, 11) is 2.13. The zero-order valence-electron chi connectivity index (χ0n) is 9.47. The first kappa shape index (κ1) is 12.7. The van der Waals surface area contributed by atoms with Crippen LogP contribution in [0.5, 0.6) is 0 Å². The number of hydrogen-bond donors (Lipinski definition) is 0. The van der Waals surface area contributed by atoms with Gasteiger partial charge in [-0.25, -0.2) is 0 Å². The lowest BCUT2D eigenvalue weighted by molar-refractivity contribution is 0.0950. The Kier molecular flexibility index (Phi) is 6.92. The zero-order valence-corrected chi connectivity index (χ0v) is 9.47. The van der Waals surface area contributed by atoms with E-state index in [4.69, 9.17) is 4.74 Å². The van der Waals surface area contributed by atoms with Crippen LogP contribution in [0.2, 0.25) is 0 Å². The summed E-state index contributed by atoms with van der Waals surface area (Å²) < 4.78 is 5.35. The minimum absolute atomic E-state index is 0.572. The van der Waals surface area contributed by atoms with Gasteiger partial charge in [0.15, 0.2) is 0 Å². The maximum atomic E-state index is 5.35. The van der Waals surface area contributed by atoms with Crippen LogP contribution < -0.4 is 0 Å². The molecule has 2 nitrogen and oxygen atoms in total. The Labute approximate surface area is 82.6 Å². The molecule has 0 radical (unpaired) electrons. The monoisotopic (exact) mass is 185 g/mol. The summed E-state index contributed by atoms with van der Waals surface area (Å²) in [5.41, 5.74) is 1.33. The van der Waals surface area contributed by atoms with Crippen LogP contribution in [0, 0.1) is 0 Å². The first-order chi connectivity index (χ1) is 6.24. The van der Waals surface area contributed by atoms with Crippen molar-refractivity contribution in [2.45, 2.75) is 33.2 Å². The van der Waals surface area contributed by atoms with Crippen LogP contribution in [0.1, 0.15) is 27.2 Å². The molecule has 0 N–H and O–H groups in total. The molecule has 0 aliphatic carbocycles. The van der Waals surface area contributed by atoms with Gasteiger partial charge in [0.1, 0.15) is 0 Å². The van der Waals surface area contributed by atoms with Gasteiger partial charge >= 0.3 is 0 Å². The molecule has 2 heteroatoms. The Morgan fingerprint density at radius 1 is 1.54 bits per heavy atom. The van der Waals surface area contributed by atoms with Gasteiger partial charge in [-0.15, -0.1) is 0 Å². The standard InChI is InChI=1S/C9H17NO.C2H6/c1-4-11-7-9-5-8(2)6-10(9)3;1-2/h9H,2,4-7H2,1,3H3;1-2H3. The van der Waals surface area contributed by atoms with E-state index in [9.17, 15) is 0 Å². The molecule has 1 rings (SSSR count). The van der Waals surface area contributed by atoms with Gasteiger partial charge in [0.2, 0.25) is 0 Å². The quantitative estimate of drug-likeness (QED) is 0.626. The Bertz CT molecular complexity index is 145.